The lowest BCUT2D eigenvalue weighted by Gasteiger charge is -2.60. The minimum Gasteiger partial charge on any atom is -0.393 e. The smallest absolute Gasteiger partial charge is 0.165 e. The summed E-state index contributed by atoms with van der Waals surface area (Å²) >= 11 is 1.56. The fraction of sp³-hybridized carbons (Fsp3) is 0.833. The summed E-state index contributed by atoms with van der Waals surface area (Å²) in [5.74, 6) is 4.24. The highest BCUT2D eigenvalue weighted by Gasteiger charge is 2.61. The number of aliphatic hydroxyl groups excluding tert-OH is 1. The molecular formula is C24H36N2O2S. The summed E-state index contributed by atoms with van der Waals surface area (Å²) in [6.45, 7) is 4.99. The zero-order valence-electron chi connectivity index (χ0n) is 17.9. The van der Waals surface area contributed by atoms with Crippen LogP contribution in [0.5, 0.6) is 0 Å². The van der Waals surface area contributed by atoms with E-state index in [4.69, 9.17) is 0 Å². The summed E-state index contributed by atoms with van der Waals surface area (Å²) in [6.07, 6.45) is 14.1. The number of thioether (sulfide) groups is 1. The molecule has 0 aromatic carbocycles. The van der Waals surface area contributed by atoms with Gasteiger partial charge in [-0.15, -0.1) is 0 Å². The van der Waals surface area contributed by atoms with Gasteiger partial charge in [-0.2, -0.15) is 0 Å². The van der Waals surface area contributed by atoms with Crippen molar-refractivity contribution in [2.75, 3.05) is 5.75 Å². The number of carbonyl (C=O) groups is 1. The van der Waals surface area contributed by atoms with Gasteiger partial charge in [0.25, 0.3) is 0 Å². The van der Waals surface area contributed by atoms with E-state index in [1.807, 2.05) is 6.20 Å². The zero-order valence-corrected chi connectivity index (χ0v) is 18.7. The van der Waals surface area contributed by atoms with Gasteiger partial charge in [0.1, 0.15) is 5.78 Å². The Balaban J connectivity index is 1.31. The lowest BCUT2D eigenvalue weighted by molar-refractivity contribution is -0.138. The molecule has 0 bridgehead atoms. The van der Waals surface area contributed by atoms with Crippen LogP contribution in [0.3, 0.4) is 0 Å². The summed E-state index contributed by atoms with van der Waals surface area (Å²) in [5, 5.41) is 11.1. The van der Waals surface area contributed by atoms with Crippen LogP contribution in [-0.2, 0) is 4.79 Å². The van der Waals surface area contributed by atoms with Crippen molar-refractivity contribution >= 4 is 17.5 Å². The van der Waals surface area contributed by atoms with E-state index in [9.17, 15) is 9.90 Å². The monoisotopic (exact) mass is 416 g/mol. The molecule has 0 spiro atoms. The topological polar surface area (TPSA) is 66.0 Å². The van der Waals surface area contributed by atoms with E-state index in [0.29, 0.717) is 28.8 Å². The molecule has 29 heavy (non-hydrogen) atoms. The van der Waals surface area contributed by atoms with E-state index in [-0.39, 0.29) is 17.4 Å². The molecule has 2 N–H and O–H groups in total. The SMILES string of the molecule is C[C@]12CC[C@H]3[C@@H](CCC4CC(O)CC[C@@]43C)[C@@H]1CC[C@@H]2C(=O)CSc1ncc[nH]1. The fourth-order valence-electron chi connectivity index (χ4n) is 8.33. The second kappa shape index (κ2) is 7.40. The number of ketones is 1. The second-order valence-electron chi connectivity index (χ2n) is 10.9. The molecule has 0 amide bonds. The average molecular weight is 417 g/mol. The number of imidazole rings is 1. The number of carbonyl (C=O) groups excluding carboxylic acids is 1. The Morgan fingerprint density at radius 3 is 2.72 bits per heavy atom. The molecule has 4 saturated carbocycles. The van der Waals surface area contributed by atoms with Crippen LogP contribution < -0.4 is 0 Å². The number of H-pyrrole nitrogens is 1. The minimum atomic E-state index is -0.0707. The summed E-state index contributed by atoms with van der Waals surface area (Å²) in [7, 11) is 0. The highest BCUT2D eigenvalue weighted by atomic mass is 32.2. The van der Waals surface area contributed by atoms with E-state index >= 15 is 0 Å². The van der Waals surface area contributed by atoms with Gasteiger partial charge in [-0.1, -0.05) is 25.6 Å². The molecule has 1 heterocycles. The lowest BCUT2D eigenvalue weighted by atomic mass is 9.44. The number of hydrogen-bond donors (Lipinski definition) is 2. The molecule has 1 aromatic heterocycles. The predicted molar refractivity (Wildman–Crippen MR) is 116 cm³/mol. The maximum atomic E-state index is 13.2. The Morgan fingerprint density at radius 1 is 1.14 bits per heavy atom. The Hall–Kier alpha value is -0.810. The van der Waals surface area contributed by atoms with Gasteiger partial charge in [-0.05, 0) is 92.3 Å². The maximum absolute atomic E-state index is 13.2. The maximum Gasteiger partial charge on any atom is 0.165 e. The van der Waals surface area contributed by atoms with Crippen molar-refractivity contribution in [3.63, 3.8) is 0 Å². The first-order chi connectivity index (χ1) is 13.9. The molecule has 4 aliphatic carbocycles. The quantitative estimate of drug-likeness (QED) is 0.671. The van der Waals surface area contributed by atoms with Crippen LogP contribution in [0.25, 0.3) is 0 Å². The molecule has 0 saturated heterocycles. The minimum absolute atomic E-state index is 0.0707. The van der Waals surface area contributed by atoms with Crippen LogP contribution in [0.4, 0.5) is 0 Å². The summed E-state index contributed by atoms with van der Waals surface area (Å²) < 4.78 is 0. The molecule has 4 nitrogen and oxygen atoms in total. The van der Waals surface area contributed by atoms with Crippen molar-refractivity contribution in [1.29, 1.82) is 0 Å². The van der Waals surface area contributed by atoms with Gasteiger partial charge in [0.05, 0.1) is 11.9 Å². The number of rotatable bonds is 4. The first-order valence-corrected chi connectivity index (χ1v) is 12.7. The van der Waals surface area contributed by atoms with Gasteiger partial charge in [-0.25, -0.2) is 4.98 Å². The first-order valence-electron chi connectivity index (χ1n) is 11.7. The average Bonchev–Trinajstić information content (AvgIpc) is 3.34. The third kappa shape index (κ3) is 3.22. The van der Waals surface area contributed by atoms with Crippen molar-refractivity contribution in [3.8, 4) is 0 Å². The van der Waals surface area contributed by atoms with Crippen LogP contribution >= 0.6 is 11.8 Å². The van der Waals surface area contributed by atoms with Gasteiger partial charge < -0.3 is 10.1 Å². The van der Waals surface area contributed by atoms with Gasteiger partial charge in [0.2, 0.25) is 0 Å². The molecule has 2 unspecified atom stereocenters. The Bertz CT molecular complexity index is 752. The first kappa shape index (κ1) is 20.1. The largest absolute Gasteiger partial charge is 0.393 e. The molecular weight excluding hydrogens is 380 g/mol. The molecule has 4 fully saturated rings. The third-order valence-electron chi connectivity index (χ3n) is 9.85. The lowest BCUT2D eigenvalue weighted by Crippen LogP contribution is -2.54. The molecule has 5 heteroatoms. The molecule has 8 atom stereocenters. The summed E-state index contributed by atoms with van der Waals surface area (Å²) in [5.41, 5.74) is 0.611. The number of Topliss-reactive ketones (excluding diaryl/α,β-unsaturated/α-hetero) is 1. The van der Waals surface area contributed by atoms with E-state index in [1.54, 1.807) is 18.0 Å². The van der Waals surface area contributed by atoms with Crippen LogP contribution in [0.15, 0.2) is 17.6 Å². The second-order valence-corrected chi connectivity index (χ2v) is 11.9. The normalized spacial score (nSPS) is 46.6. The predicted octanol–water partition coefficient (Wildman–Crippen LogP) is 5.09. The van der Waals surface area contributed by atoms with Crippen molar-refractivity contribution in [1.82, 2.24) is 9.97 Å². The number of nitrogens with zero attached hydrogens (tertiary/aromatic N) is 1. The zero-order chi connectivity index (χ0) is 20.2. The van der Waals surface area contributed by atoms with Crippen LogP contribution in [0, 0.1) is 40.4 Å². The van der Waals surface area contributed by atoms with Crippen LogP contribution in [0.1, 0.15) is 71.6 Å². The van der Waals surface area contributed by atoms with Gasteiger partial charge in [0, 0.05) is 18.3 Å². The highest BCUT2D eigenvalue weighted by Crippen LogP contribution is 2.67. The Kier molecular flexibility index (Phi) is 5.13. The summed E-state index contributed by atoms with van der Waals surface area (Å²) in [4.78, 5) is 20.6. The number of aromatic nitrogens is 2. The van der Waals surface area contributed by atoms with E-state index in [2.05, 4.69) is 23.8 Å². The molecule has 4 aliphatic rings. The molecule has 1 aromatic rings. The molecule has 160 valence electrons. The Labute approximate surface area is 179 Å². The number of aliphatic hydroxyl groups is 1. The van der Waals surface area contributed by atoms with Crippen LogP contribution in [-0.4, -0.2) is 32.7 Å². The van der Waals surface area contributed by atoms with E-state index in [1.165, 1.54) is 38.5 Å². The Morgan fingerprint density at radius 2 is 1.93 bits per heavy atom. The van der Waals surface area contributed by atoms with Gasteiger partial charge in [0.15, 0.2) is 5.16 Å². The van der Waals surface area contributed by atoms with Crippen molar-refractivity contribution in [2.45, 2.75) is 82.9 Å². The molecule has 5 rings (SSSR count). The molecule has 0 aliphatic heterocycles. The van der Waals surface area contributed by atoms with Crippen molar-refractivity contribution in [2.24, 2.45) is 40.4 Å². The third-order valence-corrected chi connectivity index (χ3v) is 10.8. The standard InChI is InChI=1S/C24H36N2O2S/c1-23-9-7-16(27)13-15(23)3-4-17-18-5-6-20(24(18,2)10-8-19(17)23)21(28)14-29-22-25-11-12-26-22/h11-12,15-20,27H,3-10,13-14H2,1-2H3,(H,25,26)/t15?,16?,17-,18-,19-,20+,23-,24-/m0/s1. The number of aromatic amines is 1. The van der Waals surface area contributed by atoms with E-state index < -0.39 is 0 Å². The fourth-order valence-corrected chi connectivity index (χ4v) is 9.10. The molecule has 0 radical (unpaired) electrons. The van der Waals surface area contributed by atoms with Crippen LogP contribution in [0.2, 0.25) is 0 Å². The number of hydrogen-bond acceptors (Lipinski definition) is 4. The van der Waals surface area contributed by atoms with E-state index in [0.717, 1.165) is 36.3 Å². The van der Waals surface area contributed by atoms with Crippen molar-refractivity contribution < 1.29 is 9.90 Å². The number of nitrogens with one attached hydrogen (secondary N) is 1. The highest BCUT2D eigenvalue weighted by molar-refractivity contribution is 7.99. The van der Waals surface area contributed by atoms with Gasteiger partial charge in [-0.3, -0.25) is 4.79 Å². The van der Waals surface area contributed by atoms with Gasteiger partial charge >= 0.3 is 0 Å². The van der Waals surface area contributed by atoms with Crippen molar-refractivity contribution in [3.05, 3.63) is 12.4 Å². The number of fused-ring (bicyclic) bond motifs is 5. The summed E-state index contributed by atoms with van der Waals surface area (Å²) in [6, 6.07) is 0.